The average molecular weight is 392 g/mol. The molecule has 6 nitrogen and oxygen atoms in total. The molecule has 1 N–H and O–H groups in total. The van der Waals surface area contributed by atoms with Gasteiger partial charge in [0.25, 0.3) is 5.56 Å². The topological polar surface area (TPSA) is 72.3 Å². The number of aromatic amines is 1. The third kappa shape index (κ3) is 3.42. The zero-order valence-corrected chi connectivity index (χ0v) is 16.5. The molecule has 0 aliphatic heterocycles. The van der Waals surface area contributed by atoms with E-state index in [9.17, 15) is 4.79 Å². The predicted octanol–water partition coefficient (Wildman–Crippen LogP) is 3.90. The maximum Gasteiger partial charge on any atom is 0.283 e. The van der Waals surface area contributed by atoms with Gasteiger partial charge in [-0.15, -0.1) is 0 Å². The lowest BCUT2D eigenvalue weighted by atomic mass is 10.1. The summed E-state index contributed by atoms with van der Waals surface area (Å²) in [6.07, 6.45) is 0. The van der Waals surface area contributed by atoms with Crippen molar-refractivity contribution in [3.8, 4) is 16.4 Å². The van der Waals surface area contributed by atoms with Crippen LogP contribution in [0.1, 0.15) is 12.5 Å². The molecule has 28 heavy (non-hydrogen) atoms. The second kappa shape index (κ2) is 7.92. The Morgan fingerprint density at radius 2 is 1.93 bits per heavy atom. The summed E-state index contributed by atoms with van der Waals surface area (Å²) in [7, 11) is 1.64. The van der Waals surface area contributed by atoms with E-state index < -0.39 is 0 Å². The first-order valence-electron chi connectivity index (χ1n) is 8.96. The molecule has 0 fully saturated rings. The van der Waals surface area contributed by atoms with Crippen LogP contribution >= 0.6 is 11.3 Å². The molecule has 2 aromatic carbocycles. The van der Waals surface area contributed by atoms with Crippen molar-refractivity contribution in [1.82, 2.24) is 14.8 Å². The Balaban J connectivity index is 1.89. The highest BCUT2D eigenvalue weighted by molar-refractivity contribution is 7.20. The highest BCUT2D eigenvalue weighted by atomic mass is 32.1. The first-order chi connectivity index (χ1) is 13.7. The van der Waals surface area contributed by atoms with Crippen molar-refractivity contribution in [3.63, 3.8) is 0 Å². The van der Waals surface area contributed by atoms with Crippen molar-refractivity contribution < 1.29 is 4.74 Å². The van der Waals surface area contributed by atoms with Crippen molar-refractivity contribution in [1.29, 1.82) is 0 Å². The van der Waals surface area contributed by atoms with Crippen LogP contribution in [0.25, 0.3) is 26.6 Å². The molecule has 0 unspecified atom stereocenters. The number of nitrogens with zero attached hydrogens (tertiary/aromatic N) is 3. The summed E-state index contributed by atoms with van der Waals surface area (Å²) >= 11 is 1.48. The minimum atomic E-state index is -0.156. The lowest BCUT2D eigenvalue weighted by Gasteiger charge is -2.02. The van der Waals surface area contributed by atoms with Gasteiger partial charge in [-0.1, -0.05) is 53.8 Å². The highest BCUT2D eigenvalue weighted by Gasteiger charge is 2.20. The van der Waals surface area contributed by atoms with Gasteiger partial charge in [-0.3, -0.25) is 14.9 Å². The third-order valence-corrected chi connectivity index (χ3v) is 5.45. The van der Waals surface area contributed by atoms with Crippen LogP contribution in [0.15, 0.2) is 64.4 Å². The second-order valence-electron chi connectivity index (χ2n) is 6.29. The number of hydrogen-bond donors (Lipinski definition) is 1. The van der Waals surface area contributed by atoms with Crippen LogP contribution in [0.3, 0.4) is 0 Å². The monoisotopic (exact) mass is 392 g/mol. The molecule has 0 aliphatic carbocycles. The Morgan fingerprint density at radius 3 is 2.68 bits per heavy atom. The zero-order valence-electron chi connectivity index (χ0n) is 15.7. The van der Waals surface area contributed by atoms with Crippen molar-refractivity contribution in [2.24, 2.45) is 4.99 Å². The Hall–Kier alpha value is -3.03. The van der Waals surface area contributed by atoms with E-state index in [1.165, 1.54) is 16.0 Å². The molecular weight excluding hydrogens is 372 g/mol. The summed E-state index contributed by atoms with van der Waals surface area (Å²) in [6.45, 7) is 2.87. The fraction of sp³-hybridized carbons (Fsp3) is 0.190. The number of nitrogens with one attached hydrogen (secondary N) is 1. The van der Waals surface area contributed by atoms with Gasteiger partial charge in [0.1, 0.15) is 0 Å². The largest absolute Gasteiger partial charge is 0.383 e. The molecule has 2 heterocycles. The van der Waals surface area contributed by atoms with Crippen molar-refractivity contribution in [2.45, 2.75) is 6.92 Å². The molecule has 0 radical (unpaired) electrons. The molecule has 0 bridgehead atoms. The summed E-state index contributed by atoms with van der Waals surface area (Å²) < 4.78 is 7.62. The van der Waals surface area contributed by atoms with E-state index >= 15 is 0 Å². The number of aromatic nitrogens is 3. The molecule has 4 rings (SSSR count). The van der Waals surface area contributed by atoms with Gasteiger partial charge in [0.05, 0.1) is 34.6 Å². The van der Waals surface area contributed by atoms with Crippen LogP contribution < -0.4 is 5.56 Å². The molecule has 4 aromatic rings. The van der Waals surface area contributed by atoms with Gasteiger partial charge in [0.2, 0.25) is 5.13 Å². The minimum Gasteiger partial charge on any atom is -0.383 e. The molecule has 0 saturated carbocycles. The normalized spacial score (nSPS) is 12.0. The number of fused-ring (bicyclic) bond motifs is 1. The quantitative estimate of drug-likeness (QED) is 0.400. The number of benzene rings is 2. The van der Waals surface area contributed by atoms with E-state index in [2.05, 4.69) is 15.1 Å². The third-order valence-electron chi connectivity index (χ3n) is 4.43. The number of ether oxygens (including phenoxy) is 1. The van der Waals surface area contributed by atoms with E-state index in [4.69, 9.17) is 4.74 Å². The van der Waals surface area contributed by atoms with Crippen molar-refractivity contribution >= 4 is 27.3 Å². The first-order valence-corrected chi connectivity index (χ1v) is 9.77. The van der Waals surface area contributed by atoms with Gasteiger partial charge in [-0.25, -0.2) is 4.98 Å². The van der Waals surface area contributed by atoms with E-state index in [-0.39, 0.29) is 5.56 Å². The van der Waals surface area contributed by atoms with Crippen LogP contribution in [0.2, 0.25) is 0 Å². The molecule has 0 saturated heterocycles. The molecule has 7 heteroatoms. The van der Waals surface area contributed by atoms with Gasteiger partial charge >= 0.3 is 0 Å². The number of methoxy groups -OCH3 is 1. The Kier molecular flexibility index (Phi) is 5.18. The second-order valence-corrected chi connectivity index (χ2v) is 7.30. The maximum atomic E-state index is 13.3. The fourth-order valence-electron chi connectivity index (χ4n) is 3.06. The van der Waals surface area contributed by atoms with Crippen LogP contribution in [-0.2, 0) is 4.74 Å². The van der Waals surface area contributed by atoms with E-state index in [0.29, 0.717) is 29.6 Å². The smallest absolute Gasteiger partial charge is 0.283 e. The van der Waals surface area contributed by atoms with Crippen LogP contribution in [0.4, 0.5) is 0 Å². The average Bonchev–Trinajstić information content (AvgIpc) is 3.29. The molecule has 0 spiro atoms. The fourth-order valence-corrected chi connectivity index (χ4v) is 3.99. The van der Waals surface area contributed by atoms with Gasteiger partial charge in [-0.05, 0) is 19.1 Å². The van der Waals surface area contributed by atoms with Gasteiger partial charge in [-0.2, -0.15) is 4.68 Å². The summed E-state index contributed by atoms with van der Waals surface area (Å²) in [5, 5.41) is 3.87. The van der Waals surface area contributed by atoms with Crippen LogP contribution in [-0.4, -0.2) is 40.7 Å². The molecule has 0 aliphatic rings. The summed E-state index contributed by atoms with van der Waals surface area (Å²) in [5.74, 6) is 0. The Morgan fingerprint density at radius 1 is 1.18 bits per heavy atom. The standard InChI is InChI=1S/C21H20N4O2S/c1-14(22-12-13-27-2)18-19(15-8-4-3-5-9-15)24-25(20(18)26)21-23-16-10-6-7-11-17(16)28-21/h3-11,24H,12-13H2,1-2H3. The highest BCUT2D eigenvalue weighted by Crippen LogP contribution is 2.26. The number of hydrogen-bond acceptors (Lipinski definition) is 5. The van der Waals surface area contributed by atoms with Gasteiger partial charge < -0.3 is 4.74 Å². The lowest BCUT2D eigenvalue weighted by molar-refractivity contribution is 0.208. The number of H-pyrrole nitrogens is 1. The van der Waals surface area contributed by atoms with E-state index in [1.807, 2.05) is 61.5 Å². The summed E-state index contributed by atoms with van der Waals surface area (Å²) in [5.41, 5.74) is 3.62. The molecule has 0 atom stereocenters. The van der Waals surface area contributed by atoms with E-state index in [1.54, 1.807) is 7.11 Å². The number of para-hydroxylation sites is 1. The molecule has 0 amide bonds. The van der Waals surface area contributed by atoms with Crippen molar-refractivity contribution in [3.05, 3.63) is 70.5 Å². The summed E-state index contributed by atoms with van der Waals surface area (Å²) in [6, 6.07) is 17.6. The first kappa shape index (κ1) is 18.3. The van der Waals surface area contributed by atoms with Crippen molar-refractivity contribution in [2.75, 3.05) is 20.3 Å². The van der Waals surface area contributed by atoms with Gasteiger partial charge in [0.15, 0.2) is 0 Å². The SMILES string of the molecule is COCCN=C(C)c1c(-c2ccccc2)[nH]n(-c2nc3ccccc3s2)c1=O. The Labute approximate surface area is 166 Å². The van der Waals surface area contributed by atoms with Gasteiger partial charge in [0, 0.05) is 18.4 Å². The lowest BCUT2D eigenvalue weighted by Crippen LogP contribution is -2.19. The van der Waals surface area contributed by atoms with Crippen LogP contribution in [0, 0.1) is 0 Å². The molecule has 142 valence electrons. The van der Waals surface area contributed by atoms with E-state index in [0.717, 1.165) is 21.5 Å². The minimum absolute atomic E-state index is 0.156. The molecule has 2 aromatic heterocycles. The Bertz CT molecular complexity index is 1160. The number of thiazole rings is 1. The van der Waals surface area contributed by atoms with Crippen LogP contribution in [0.5, 0.6) is 0 Å². The summed E-state index contributed by atoms with van der Waals surface area (Å²) in [4.78, 5) is 22.4. The predicted molar refractivity (Wildman–Crippen MR) is 114 cm³/mol. The zero-order chi connectivity index (χ0) is 19.5. The number of rotatable bonds is 6. The number of aliphatic imine (C=N–C) groups is 1. The molecular formula is C21H20N4O2S. The maximum absolute atomic E-state index is 13.3.